The lowest BCUT2D eigenvalue weighted by Gasteiger charge is -2.18. The second-order valence-electron chi connectivity index (χ2n) is 6.04. The van der Waals surface area contributed by atoms with Crippen molar-refractivity contribution in [1.29, 1.82) is 0 Å². The molecule has 1 amide bonds. The van der Waals surface area contributed by atoms with E-state index in [0.29, 0.717) is 11.3 Å². The van der Waals surface area contributed by atoms with Crippen molar-refractivity contribution in [2.45, 2.75) is 12.5 Å². The maximum Gasteiger partial charge on any atom is 0.305 e. The zero-order chi connectivity index (χ0) is 21.1. The molecule has 150 valence electrons. The number of halogens is 3. The van der Waals surface area contributed by atoms with E-state index in [4.69, 9.17) is 23.2 Å². The number of amides is 1. The molecule has 0 saturated heterocycles. The first-order valence-electron chi connectivity index (χ1n) is 8.28. The van der Waals surface area contributed by atoms with Crippen LogP contribution in [0.3, 0.4) is 0 Å². The number of rotatable bonds is 6. The molecule has 1 heterocycles. The number of carboxylic acids is 1. The first-order valence-corrected chi connectivity index (χ1v) is 9.03. The Morgan fingerprint density at radius 3 is 2.52 bits per heavy atom. The number of carboxylic acid groups (broad SMARTS) is 1. The maximum absolute atomic E-state index is 13.1. The Morgan fingerprint density at radius 1 is 1.17 bits per heavy atom. The fourth-order valence-corrected chi connectivity index (χ4v) is 3.13. The van der Waals surface area contributed by atoms with Crippen molar-refractivity contribution in [2.24, 2.45) is 0 Å². The number of carbonyl (C=O) groups is 2. The second kappa shape index (κ2) is 8.50. The van der Waals surface area contributed by atoms with Crippen molar-refractivity contribution in [3.05, 3.63) is 75.7 Å². The highest BCUT2D eigenvalue weighted by Gasteiger charge is 2.24. The molecular formula is C19H14Cl2FN3O4. The molecule has 0 aliphatic rings. The summed E-state index contributed by atoms with van der Waals surface area (Å²) >= 11 is 12.1. The minimum atomic E-state index is -1.16. The van der Waals surface area contributed by atoms with Gasteiger partial charge in [-0.05, 0) is 35.9 Å². The number of aliphatic carboxylic acids is 1. The summed E-state index contributed by atoms with van der Waals surface area (Å²) in [4.78, 5) is 23.9. The maximum atomic E-state index is 13.1. The summed E-state index contributed by atoms with van der Waals surface area (Å²) in [6.45, 7) is 0. The predicted octanol–water partition coefficient (Wildman–Crippen LogP) is 3.97. The van der Waals surface area contributed by atoms with E-state index in [1.165, 1.54) is 30.3 Å². The fourth-order valence-electron chi connectivity index (χ4n) is 2.69. The molecule has 2 aromatic carbocycles. The first-order chi connectivity index (χ1) is 13.8. The van der Waals surface area contributed by atoms with Crippen LogP contribution in [0.25, 0.3) is 5.69 Å². The lowest BCUT2D eigenvalue weighted by Crippen LogP contribution is -2.30. The number of nitrogens with one attached hydrogen (secondary N) is 1. The van der Waals surface area contributed by atoms with Gasteiger partial charge in [0.2, 0.25) is 5.88 Å². The average Bonchev–Trinajstić information content (AvgIpc) is 3.05. The van der Waals surface area contributed by atoms with E-state index < -0.39 is 30.2 Å². The molecule has 0 fully saturated rings. The van der Waals surface area contributed by atoms with E-state index in [9.17, 15) is 24.2 Å². The molecule has 0 aliphatic heterocycles. The van der Waals surface area contributed by atoms with Crippen LogP contribution in [0.1, 0.15) is 28.5 Å². The minimum absolute atomic E-state index is 0.125. The van der Waals surface area contributed by atoms with Gasteiger partial charge in [0, 0.05) is 6.07 Å². The topological polar surface area (TPSA) is 104 Å². The number of aromatic nitrogens is 2. The summed E-state index contributed by atoms with van der Waals surface area (Å²) in [6, 6.07) is 9.91. The predicted molar refractivity (Wildman–Crippen MR) is 104 cm³/mol. The van der Waals surface area contributed by atoms with E-state index in [1.54, 1.807) is 12.1 Å². The molecule has 0 spiro atoms. The third-order valence-electron chi connectivity index (χ3n) is 4.04. The summed E-state index contributed by atoms with van der Waals surface area (Å²) in [5.74, 6) is -2.71. The lowest BCUT2D eigenvalue weighted by atomic mass is 10.0. The van der Waals surface area contributed by atoms with Crippen LogP contribution in [0.2, 0.25) is 10.0 Å². The Bertz CT molecular complexity index is 1070. The molecule has 0 aliphatic carbocycles. The molecule has 29 heavy (non-hydrogen) atoms. The molecule has 3 N–H and O–H groups in total. The van der Waals surface area contributed by atoms with E-state index in [0.717, 1.165) is 10.7 Å². The second-order valence-corrected chi connectivity index (χ2v) is 6.83. The smallest absolute Gasteiger partial charge is 0.305 e. The summed E-state index contributed by atoms with van der Waals surface area (Å²) < 4.78 is 14.1. The summed E-state index contributed by atoms with van der Waals surface area (Å²) in [7, 11) is 0. The van der Waals surface area contributed by atoms with Gasteiger partial charge in [0.15, 0.2) is 5.69 Å². The Kier molecular flexibility index (Phi) is 6.05. The van der Waals surface area contributed by atoms with Gasteiger partial charge in [-0.3, -0.25) is 9.59 Å². The lowest BCUT2D eigenvalue weighted by molar-refractivity contribution is -0.137. The van der Waals surface area contributed by atoms with Crippen LogP contribution >= 0.6 is 23.2 Å². The van der Waals surface area contributed by atoms with Crippen molar-refractivity contribution in [3.63, 3.8) is 0 Å². The SMILES string of the molecule is O=C(O)C[C@H](NC(=O)c1cc(O)n(-c2ccc(F)cc2)n1)c1cccc(Cl)c1Cl. The summed E-state index contributed by atoms with van der Waals surface area (Å²) in [5.41, 5.74) is 0.500. The molecule has 0 saturated carbocycles. The van der Waals surface area contributed by atoms with Gasteiger partial charge in [-0.1, -0.05) is 35.3 Å². The molecular weight excluding hydrogens is 424 g/mol. The largest absolute Gasteiger partial charge is 0.493 e. The van der Waals surface area contributed by atoms with E-state index in [2.05, 4.69) is 10.4 Å². The molecule has 1 aromatic heterocycles. The fraction of sp³-hybridized carbons (Fsp3) is 0.105. The quantitative estimate of drug-likeness (QED) is 0.541. The normalized spacial score (nSPS) is 11.8. The number of hydrogen-bond acceptors (Lipinski definition) is 4. The number of aromatic hydroxyl groups is 1. The summed E-state index contributed by atoms with van der Waals surface area (Å²) in [5, 5.41) is 26.1. The van der Waals surface area contributed by atoms with Crippen LogP contribution < -0.4 is 5.32 Å². The van der Waals surface area contributed by atoms with E-state index in [-0.39, 0.29) is 21.6 Å². The van der Waals surface area contributed by atoms with Crippen LogP contribution in [0.15, 0.2) is 48.5 Å². The van der Waals surface area contributed by atoms with Gasteiger partial charge in [-0.15, -0.1) is 0 Å². The van der Waals surface area contributed by atoms with Gasteiger partial charge in [0.05, 0.1) is 28.2 Å². The third kappa shape index (κ3) is 4.67. The van der Waals surface area contributed by atoms with Crippen molar-refractivity contribution in [2.75, 3.05) is 0 Å². The van der Waals surface area contributed by atoms with E-state index in [1.807, 2.05) is 0 Å². The molecule has 0 unspecified atom stereocenters. The van der Waals surface area contributed by atoms with Crippen molar-refractivity contribution in [3.8, 4) is 11.6 Å². The summed E-state index contributed by atoms with van der Waals surface area (Å²) in [6.07, 6.45) is -0.448. The van der Waals surface area contributed by atoms with Gasteiger partial charge in [0.1, 0.15) is 5.82 Å². The van der Waals surface area contributed by atoms with Crippen LogP contribution in [0.5, 0.6) is 5.88 Å². The van der Waals surface area contributed by atoms with Gasteiger partial charge < -0.3 is 15.5 Å². The van der Waals surface area contributed by atoms with Crippen LogP contribution in [-0.2, 0) is 4.79 Å². The Hall–Kier alpha value is -3.10. The molecule has 3 aromatic rings. The van der Waals surface area contributed by atoms with Gasteiger partial charge >= 0.3 is 5.97 Å². The zero-order valence-corrected chi connectivity index (χ0v) is 16.2. The minimum Gasteiger partial charge on any atom is -0.493 e. The highest BCUT2D eigenvalue weighted by molar-refractivity contribution is 6.42. The van der Waals surface area contributed by atoms with Gasteiger partial charge in [0.25, 0.3) is 5.91 Å². The van der Waals surface area contributed by atoms with Crippen LogP contribution in [0.4, 0.5) is 4.39 Å². The Balaban J connectivity index is 1.88. The third-order valence-corrected chi connectivity index (χ3v) is 4.87. The van der Waals surface area contributed by atoms with Crippen molar-refractivity contribution < 1.29 is 24.2 Å². The van der Waals surface area contributed by atoms with Crippen molar-refractivity contribution >= 4 is 35.1 Å². The molecule has 10 heteroatoms. The number of hydrogen-bond donors (Lipinski definition) is 3. The number of carbonyl (C=O) groups excluding carboxylic acids is 1. The van der Waals surface area contributed by atoms with E-state index >= 15 is 0 Å². The standard InChI is InChI=1S/C19H14Cl2FN3O4/c20-13-3-1-2-12(18(13)21)14(9-17(27)28)23-19(29)15-8-16(26)25(24-15)11-6-4-10(22)5-7-11/h1-8,14,26H,9H2,(H,23,29)(H,27,28)/t14-/m0/s1. The monoisotopic (exact) mass is 437 g/mol. The first kappa shape index (κ1) is 20.6. The van der Waals surface area contributed by atoms with Crippen LogP contribution in [-0.4, -0.2) is 31.9 Å². The molecule has 3 rings (SSSR count). The molecule has 1 atom stereocenters. The van der Waals surface area contributed by atoms with Gasteiger partial charge in [-0.25, -0.2) is 9.07 Å². The highest BCUT2D eigenvalue weighted by atomic mass is 35.5. The number of nitrogens with zero attached hydrogens (tertiary/aromatic N) is 2. The molecule has 0 radical (unpaired) electrons. The Morgan fingerprint density at radius 2 is 1.86 bits per heavy atom. The van der Waals surface area contributed by atoms with Gasteiger partial charge in [-0.2, -0.15) is 5.10 Å². The number of benzene rings is 2. The zero-order valence-electron chi connectivity index (χ0n) is 14.6. The molecule has 0 bridgehead atoms. The highest BCUT2D eigenvalue weighted by Crippen LogP contribution is 2.31. The average molecular weight is 438 g/mol. The van der Waals surface area contributed by atoms with Crippen molar-refractivity contribution in [1.82, 2.24) is 15.1 Å². The molecule has 7 nitrogen and oxygen atoms in total. The Labute approximate surface area is 174 Å². The van der Waals surface area contributed by atoms with Crippen LogP contribution in [0, 0.1) is 5.82 Å².